The van der Waals surface area contributed by atoms with Gasteiger partial charge in [-0.1, -0.05) is 30.3 Å². The van der Waals surface area contributed by atoms with Gasteiger partial charge in [-0.05, 0) is 36.8 Å². The van der Waals surface area contributed by atoms with Gasteiger partial charge >= 0.3 is 17.2 Å². The molecule has 0 unspecified atom stereocenters. The van der Waals surface area contributed by atoms with Crippen molar-refractivity contribution in [3.63, 3.8) is 0 Å². The molecule has 210 valence electrons. The van der Waals surface area contributed by atoms with E-state index in [4.69, 9.17) is 0 Å². The monoisotopic (exact) mass is 572 g/mol. The highest BCUT2D eigenvalue weighted by Crippen LogP contribution is 2.33. The number of alkyl halides is 2. The van der Waals surface area contributed by atoms with Crippen LogP contribution in [-0.2, 0) is 35.2 Å². The van der Waals surface area contributed by atoms with Crippen LogP contribution in [-0.4, -0.2) is 53.8 Å². The Bertz CT molecular complexity index is 1390. The van der Waals surface area contributed by atoms with Crippen molar-refractivity contribution in [2.45, 2.75) is 24.3 Å². The van der Waals surface area contributed by atoms with Crippen LogP contribution in [0, 0.1) is 20.2 Å². The summed E-state index contributed by atoms with van der Waals surface area (Å²) in [7, 11) is -3.42. The number of para-hydroxylation sites is 1. The van der Waals surface area contributed by atoms with E-state index in [1.165, 1.54) is 28.9 Å². The SMILES string of the molecule is CC(=O)O[N+](=O)[O-].CS(=O)(=O)c1ccc(-c2cc(C(F)(F)OCCCO[N+](=O)[O-])nn2-c2ccccc2)cc1. The standard InChI is InChI=1S/C20H19F2N3O6S.C2H3NO4/c1-32(28,29)17-10-8-15(9-11-17)18-14-19(23-24(18)16-6-3-2-4-7-16)20(21,22)30-12-5-13-31-25(26)27;1-2(4)7-3(5)6/h2-4,6-11,14H,5,12-13H2,1H3;1H3. The molecule has 0 saturated heterocycles. The fourth-order valence-electron chi connectivity index (χ4n) is 2.95. The average molecular weight is 572 g/mol. The minimum absolute atomic E-state index is 0.0952. The van der Waals surface area contributed by atoms with Gasteiger partial charge in [0.1, 0.15) is 0 Å². The molecule has 2 aromatic carbocycles. The van der Waals surface area contributed by atoms with E-state index in [1.807, 2.05) is 0 Å². The molecule has 3 aromatic rings. The Morgan fingerprint density at radius 3 is 2.13 bits per heavy atom. The van der Waals surface area contributed by atoms with Gasteiger partial charge in [-0.2, -0.15) is 13.9 Å². The highest BCUT2D eigenvalue weighted by Gasteiger charge is 2.37. The number of halogens is 2. The minimum atomic E-state index is -3.77. The van der Waals surface area contributed by atoms with Crippen LogP contribution in [0.25, 0.3) is 16.9 Å². The Balaban J connectivity index is 0.000000673. The fraction of sp³-hybridized carbons (Fsp3) is 0.273. The van der Waals surface area contributed by atoms with Crippen molar-refractivity contribution >= 4 is 15.8 Å². The summed E-state index contributed by atoms with van der Waals surface area (Å²) in [6.45, 7) is 0.0969. The minimum Gasteiger partial charge on any atom is -0.315 e. The van der Waals surface area contributed by atoms with Crippen LogP contribution in [0.1, 0.15) is 19.0 Å². The van der Waals surface area contributed by atoms with Gasteiger partial charge in [0.05, 0.1) is 29.5 Å². The third kappa shape index (κ3) is 9.71. The molecule has 0 amide bonds. The molecule has 0 aliphatic heterocycles. The number of nitrogens with zero attached hydrogens (tertiary/aromatic N) is 4. The number of carbonyl (C=O) groups excluding carboxylic acids is 1. The molecule has 0 atom stereocenters. The van der Waals surface area contributed by atoms with Gasteiger partial charge in [0.25, 0.3) is 5.09 Å². The van der Waals surface area contributed by atoms with Crippen LogP contribution >= 0.6 is 0 Å². The molecule has 1 aromatic heterocycles. The van der Waals surface area contributed by atoms with Crippen LogP contribution in [0.5, 0.6) is 0 Å². The van der Waals surface area contributed by atoms with Crippen LogP contribution < -0.4 is 0 Å². The first kappa shape index (κ1) is 30.7. The van der Waals surface area contributed by atoms with Gasteiger partial charge in [0.2, 0.25) is 0 Å². The maximum atomic E-state index is 14.6. The van der Waals surface area contributed by atoms with Crippen molar-refractivity contribution in [1.29, 1.82) is 0 Å². The number of hydrogen-bond donors (Lipinski definition) is 0. The smallest absolute Gasteiger partial charge is 0.315 e. The molecule has 0 aliphatic rings. The topological polar surface area (TPSA) is 183 Å². The lowest BCUT2D eigenvalue weighted by Crippen LogP contribution is -2.21. The van der Waals surface area contributed by atoms with E-state index in [1.54, 1.807) is 30.3 Å². The molecule has 1 heterocycles. The molecule has 0 saturated carbocycles. The summed E-state index contributed by atoms with van der Waals surface area (Å²) in [4.78, 5) is 36.4. The normalized spacial score (nSPS) is 11.2. The third-order valence-electron chi connectivity index (χ3n) is 4.56. The summed E-state index contributed by atoms with van der Waals surface area (Å²) in [6.07, 6.45) is -2.81. The van der Waals surface area contributed by atoms with E-state index in [9.17, 15) is 42.2 Å². The van der Waals surface area contributed by atoms with Crippen molar-refractivity contribution in [2.24, 2.45) is 0 Å². The summed E-state index contributed by atoms with van der Waals surface area (Å²) >= 11 is 0. The quantitative estimate of drug-likeness (QED) is 0.186. The number of hydrogen-bond acceptors (Lipinski definition) is 11. The number of ether oxygens (including phenoxy) is 1. The van der Waals surface area contributed by atoms with E-state index in [0.717, 1.165) is 19.2 Å². The molecule has 0 N–H and O–H groups in total. The maximum absolute atomic E-state index is 14.6. The fourth-order valence-corrected chi connectivity index (χ4v) is 3.58. The van der Waals surface area contributed by atoms with Crippen LogP contribution in [0.3, 0.4) is 0 Å². The second-order valence-corrected chi connectivity index (χ2v) is 9.56. The first-order valence-electron chi connectivity index (χ1n) is 10.8. The Kier molecular flexibility index (Phi) is 10.5. The first-order chi connectivity index (χ1) is 18.2. The van der Waals surface area contributed by atoms with Crippen molar-refractivity contribution in [3.05, 3.63) is 86.6 Å². The Morgan fingerprint density at radius 1 is 1.03 bits per heavy atom. The Hall–Kier alpha value is -4.51. The number of rotatable bonds is 11. The molecule has 0 radical (unpaired) electrons. The molecular formula is C22H22F2N4O10S. The molecule has 39 heavy (non-hydrogen) atoms. The van der Waals surface area contributed by atoms with E-state index in [2.05, 4.69) is 19.5 Å². The number of sulfone groups is 1. The highest BCUT2D eigenvalue weighted by atomic mass is 32.2. The van der Waals surface area contributed by atoms with Crippen LogP contribution in [0.15, 0.2) is 65.6 Å². The predicted molar refractivity (Wildman–Crippen MR) is 128 cm³/mol. The Labute approximate surface area is 219 Å². The van der Waals surface area contributed by atoms with E-state index >= 15 is 0 Å². The largest absolute Gasteiger partial charge is 0.401 e. The van der Waals surface area contributed by atoms with Crippen molar-refractivity contribution in [2.75, 3.05) is 19.5 Å². The molecule has 3 rings (SSSR count). The average Bonchev–Trinajstić information content (AvgIpc) is 3.30. The van der Waals surface area contributed by atoms with Crippen LogP contribution in [0.2, 0.25) is 0 Å². The maximum Gasteiger partial charge on any atom is 0.401 e. The van der Waals surface area contributed by atoms with E-state index in [-0.39, 0.29) is 17.9 Å². The lowest BCUT2D eigenvalue weighted by Gasteiger charge is -2.14. The van der Waals surface area contributed by atoms with E-state index < -0.39 is 44.4 Å². The highest BCUT2D eigenvalue weighted by molar-refractivity contribution is 7.90. The lowest BCUT2D eigenvalue weighted by atomic mass is 10.1. The van der Waals surface area contributed by atoms with Gasteiger partial charge < -0.3 is 9.57 Å². The van der Waals surface area contributed by atoms with Gasteiger partial charge in [-0.25, -0.2) is 17.9 Å². The second-order valence-electron chi connectivity index (χ2n) is 7.54. The summed E-state index contributed by atoms with van der Waals surface area (Å²) in [5.41, 5.74) is 0.608. The lowest BCUT2D eigenvalue weighted by molar-refractivity contribution is -0.757. The van der Waals surface area contributed by atoms with Gasteiger partial charge in [-0.3, -0.25) is 4.79 Å². The van der Waals surface area contributed by atoms with Crippen LogP contribution in [0.4, 0.5) is 8.78 Å². The Morgan fingerprint density at radius 2 is 1.64 bits per heavy atom. The zero-order valence-electron chi connectivity index (χ0n) is 20.4. The molecule has 17 heteroatoms. The molecular weight excluding hydrogens is 550 g/mol. The van der Waals surface area contributed by atoms with Gasteiger partial charge in [0, 0.05) is 18.7 Å². The summed E-state index contributed by atoms with van der Waals surface area (Å²) in [6, 6.07) is 15.5. The third-order valence-corrected chi connectivity index (χ3v) is 5.69. The number of carbonyl (C=O) groups is 1. The second kappa shape index (κ2) is 13.3. The molecule has 0 fully saturated rings. The zero-order valence-corrected chi connectivity index (χ0v) is 21.2. The molecule has 0 aliphatic carbocycles. The predicted octanol–water partition coefficient (Wildman–Crippen LogP) is 3.35. The number of benzene rings is 2. The molecule has 14 nitrogen and oxygen atoms in total. The molecule has 0 spiro atoms. The molecule has 0 bridgehead atoms. The summed E-state index contributed by atoms with van der Waals surface area (Å²) < 4.78 is 58.6. The van der Waals surface area contributed by atoms with Gasteiger partial charge in [-0.15, -0.1) is 20.2 Å². The first-order valence-corrected chi connectivity index (χ1v) is 12.7. The van der Waals surface area contributed by atoms with Crippen molar-refractivity contribution in [3.8, 4) is 16.9 Å². The van der Waals surface area contributed by atoms with Crippen molar-refractivity contribution in [1.82, 2.24) is 9.78 Å². The van der Waals surface area contributed by atoms with E-state index in [0.29, 0.717) is 16.9 Å². The summed E-state index contributed by atoms with van der Waals surface area (Å²) in [5.74, 6) is -0.912. The van der Waals surface area contributed by atoms with Gasteiger partial charge in [0.15, 0.2) is 15.5 Å². The summed E-state index contributed by atoms with van der Waals surface area (Å²) in [5, 5.41) is 21.1. The van der Waals surface area contributed by atoms with Crippen molar-refractivity contribution < 1.29 is 46.6 Å². The number of aromatic nitrogens is 2. The zero-order chi connectivity index (χ0) is 29.2.